The topological polar surface area (TPSA) is 80.9 Å². The molecule has 0 heterocycles. The Hall–Kier alpha value is -1.98. The summed E-state index contributed by atoms with van der Waals surface area (Å²) in [6.45, 7) is 0. The van der Waals surface area contributed by atoms with Gasteiger partial charge in [-0.25, -0.2) is 0 Å². The van der Waals surface area contributed by atoms with E-state index < -0.39 is 24.4 Å². The molecule has 4 atom stereocenters. The fourth-order valence-electron chi connectivity index (χ4n) is 4.45. The quantitative estimate of drug-likeness (QED) is 0.595. The Bertz CT molecular complexity index is 941. The van der Waals surface area contributed by atoms with Gasteiger partial charge in [0.05, 0.1) is 0 Å². The van der Waals surface area contributed by atoms with Gasteiger partial charge in [-0.3, -0.25) is 0 Å². The molecule has 0 aliphatic heterocycles. The normalized spacial score (nSPS) is 30.2. The molecule has 2 aromatic carbocycles. The summed E-state index contributed by atoms with van der Waals surface area (Å²) in [7, 11) is 0. The van der Waals surface area contributed by atoms with Crippen LogP contribution in [0.15, 0.2) is 36.4 Å². The number of hydrogen-bond acceptors (Lipinski definition) is 4. The van der Waals surface area contributed by atoms with Crippen LogP contribution in [0.2, 0.25) is 0 Å². The molecule has 4 nitrogen and oxygen atoms in total. The molecule has 3 aliphatic rings. The number of allylic oxidation sites excluding steroid dienone is 4. The highest BCUT2D eigenvalue weighted by molar-refractivity contribution is 6.04. The van der Waals surface area contributed by atoms with Crippen LogP contribution in [-0.2, 0) is 12.8 Å². The summed E-state index contributed by atoms with van der Waals surface area (Å²) in [6, 6.07) is 5.91. The van der Waals surface area contributed by atoms with Crippen LogP contribution in [0.4, 0.5) is 0 Å². The Balaban J connectivity index is 1.90. The summed E-state index contributed by atoms with van der Waals surface area (Å²) in [5.41, 5.74) is 5.80. The molecule has 4 N–H and O–H groups in total. The molecule has 0 fully saturated rings. The van der Waals surface area contributed by atoms with Crippen LogP contribution in [-0.4, -0.2) is 32.6 Å². The van der Waals surface area contributed by atoms with Crippen molar-refractivity contribution in [1.29, 1.82) is 0 Å². The van der Waals surface area contributed by atoms with Gasteiger partial charge in [-0.05, 0) is 57.0 Å². The van der Waals surface area contributed by atoms with Crippen molar-refractivity contribution in [2.75, 3.05) is 0 Å². The lowest BCUT2D eigenvalue weighted by molar-refractivity contribution is -0.119. The maximum absolute atomic E-state index is 10.5. The van der Waals surface area contributed by atoms with E-state index in [0.29, 0.717) is 11.1 Å². The molecule has 3 aliphatic carbocycles. The Morgan fingerprint density at radius 2 is 1.67 bits per heavy atom. The highest BCUT2D eigenvalue weighted by Gasteiger charge is 2.41. The van der Waals surface area contributed by atoms with Gasteiger partial charge in [0.15, 0.2) is 0 Å². The van der Waals surface area contributed by atoms with Crippen molar-refractivity contribution in [2.24, 2.45) is 0 Å². The Kier molecular flexibility index (Phi) is 2.86. The summed E-state index contributed by atoms with van der Waals surface area (Å²) in [5.74, 6) is 0. The van der Waals surface area contributed by atoms with E-state index in [0.717, 1.165) is 29.2 Å². The van der Waals surface area contributed by atoms with Crippen molar-refractivity contribution < 1.29 is 20.4 Å². The Labute approximate surface area is 139 Å². The van der Waals surface area contributed by atoms with Crippen LogP contribution in [0.1, 0.15) is 40.0 Å². The highest BCUT2D eigenvalue weighted by Crippen LogP contribution is 2.46. The molecule has 4 heteroatoms. The van der Waals surface area contributed by atoms with E-state index in [1.807, 2.05) is 12.1 Å². The number of hydrogen-bond donors (Lipinski definition) is 4. The third kappa shape index (κ3) is 1.66. The van der Waals surface area contributed by atoms with E-state index in [1.165, 1.54) is 16.7 Å². The molecule has 0 unspecified atom stereocenters. The molecule has 0 spiro atoms. The van der Waals surface area contributed by atoms with Crippen molar-refractivity contribution in [1.82, 2.24) is 0 Å². The van der Waals surface area contributed by atoms with Gasteiger partial charge in [0.25, 0.3) is 0 Å². The van der Waals surface area contributed by atoms with Gasteiger partial charge in [-0.1, -0.05) is 36.4 Å². The van der Waals surface area contributed by atoms with Gasteiger partial charge >= 0.3 is 0 Å². The zero-order chi connectivity index (χ0) is 16.6. The van der Waals surface area contributed by atoms with Crippen LogP contribution in [0.5, 0.6) is 0 Å². The highest BCUT2D eigenvalue weighted by atomic mass is 16.4. The average molecular weight is 322 g/mol. The maximum atomic E-state index is 10.5. The monoisotopic (exact) mass is 322 g/mol. The predicted octanol–water partition coefficient (Wildman–Crippen LogP) is 1.69. The average Bonchev–Trinajstić information content (AvgIpc) is 2.62. The van der Waals surface area contributed by atoms with Gasteiger partial charge in [-0.2, -0.15) is 0 Å². The summed E-state index contributed by atoms with van der Waals surface area (Å²) in [5, 5.41) is 43.0. The maximum Gasteiger partial charge on any atom is 0.113 e. The van der Waals surface area contributed by atoms with E-state index in [9.17, 15) is 20.4 Å². The minimum atomic E-state index is -1.39. The van der Waals surface area contributed by atoms with Crippen molar-refractivity contribution in [3.8, 4) is 0 Å². The summed E-state index contributed by atoms with van der Waals surface area (Å²) in [6.07, 6.45) is 2.92. The van der Waals surface area contributed by atoms with Crippen LogP contribution in [0, 0.1) is 0 Å². The first-order chi connectivity index (χ1) is 11.6. The molecule has 0 saturated heterocycles. The standard InChI is InChI=1S/C20H18O4/c21-17-13-8-11-5-4-9-2-1-3-10-6-7-12(15(11)14(9)10)16(13)18(22)20(24)19(17)23/h1-2,4,6-8,17-24H,3,5H2/t17-,18+,19-,20+/m1/s1. The van der Waals surface area contributed by atoms with E-state index in [1.54, 1.807) is 0 Å². The summed E-state index contributed by atoms with van der Waals surface area (Å²) in [4.78, 5) is 0. The minimum Gasteiger partial charge on any atom is -0.387 e. The fourth-order valence-corrected chi connectivity index (χ4v) is 4.45. The third-order valence-electron chi connectivity index (χ3n) is 5.62. The second-order valence-corrected chi connectivity index (χ2v) is 6.90. The lowest BCUT2D eigenvalue weighted by Crippen LogP contribution is -2.41. The molecule has 122 valence electrons. The zero-order valence-electron chi connectivity index (χ0n) is 13.0. The van der Waals surface area contributed by atoms with Gasteiger partial charge < -0.3 is 20.4 Å². The molecule has 24 heavy (non-hydrogen) atoms. The third-order valence-corrected chi connectivity index (χ3v) is 5.62. The fraction of sp³-hybridized carbons (Fsp3) is 0.300. The molecule has 0 saturated carbocycles. The van der Waals surface area contributed by atoms with Crippen molar-refractivity contribution >= 4 is 16.3 Å². The second-order valence-electron chi connectivity index (χ2n) is 6.90. The van der Waals surface area contributed by atoms with Crippen LogP contribution in [0.3, 0.4) is 0 Å². The molecule has 2 aromatic rings. The smallest absolute Gasteiger partial charge is 0.113 e. The van der Waals surface area contributed by atoms with Crippen LogP contribution >= 0.6 is 0 Å². The SMILES string of the molecule is O[C@@H]1[C@H](O)[C@H](O)c2cc3c4c5c(ccc4c2[C@@H]1O)CC=CC5=CC3. The van der Waals surface area contributed by atoms with E-state index in [2.05, 4.69) is 24.3 Å². The molecule has 5 rings (SSSR count). The second kappa shape index (κ2) is 4.77. The van der Waals surface area contributed by atoms with Crippen LogP contribution < -0.4 is 0 Å². The minimum absolute atomic E-state index is 0.519. The van der Waals surface area contributed by atoms with Crippen molar-refractivity contribution in [2.45, 2.75) is 37.3 Å². The molecule has 0 amide bonds. The van der Waals surface area contributed by atoms with E-state index in [4.69, 9.17) is 0 Å². The first-order valence-corrected chi connectivity index (χ1v) is 8.28. The first-order valence-electron chi connectivity index (χ1n) is 8.28. The lowest BCUT2D eigenvalue weighted by atomic mass is 9.75. The number of fused-ring (bicyclic) bond motifs is 2. The number of aliphatic hydroxyl groups excluding tert-OH is 4. The Morgan fingerprint density at radius 3 is 2.50 bits per heavy atom. The summed E-state index contributed by atoms with van der Waals surface area (Å²) < 4.78 is 0. The number of rotatable bonds is 0. The lowest BCUT2D eigenvalue weighted by Gasteiger charge is -2.37. The molecule has 0 bridgehead atoms. The van der Waals surface area contributed by atoms with Gasteiger partial charge in [0, 0.05) is 0 Å². The van der Waals surface area contributed by atoms with E-state index >= 15 is 0 Å². The predicted molar refractivity (Wildman–Crippen MR) is 90.4 cm³/mol. The molecule has 0 radical (unpaired) electrons. The molecule has 0 aromatic heterocycles. The van der Waals surface area contributed by atoms with Gasteiger partial charge in [0.1, 0.15) is 24.4 Å². The zero-order valence-corrected chi connectivity index (χ0v) is 13.0. The number of aliphatic hydroxyl groups is 4. The Morgan fingerprint density at radius 1 is 0.875 bits per heavy atom. The van der Waals surface area contributed by atoms with Gasteiger partial charge in [-0.15, -0.1) is 0 Å². The first kappa shape index (κ1) is 14.4. The van der Waals surface area contributed by atoms with Gasteiger partial charge in [0.2, 0.25) is 0 Å². The molecular weight excluding hydrogens is 304 g/mol. The van der Waals surface area contributed by atoms with Crippen LogP contribution in [0.25, 0.3) is 16.3 Å². The van der Waals surface area contributed by atoms with Crippen molar-refractivity contribution in [3.05, 3.63) is 64.2 Å². The van der Waals surface area contributed by atoms with Crippen molar-refractivity contribution in [3.63, 3.8) is 0 Å². The number of benzene rings is 2. The summed E-state index contributed by atoms with van der Waals surface area (Å²) >= 11 is 0. The van der Waals surface area contributed by atoms with E-state index in [-0.39, 0.29) is 0 Å². The molecular formula is C20H18O4. The largest absolute Gasteiger partial charge is 0.387 e.